The summed E-state index contributed by atoms with van der Waals surface area (Å²) >= 11 is 0. The predicted molar refractivity (Wildman–Crippen MR) is 126 cm³/mol. The standard InChI is InChI=1S/C28H22FNO3/c29-25-12-9-20(10-13-25)16-24-18-23(28(32)33)11-14-26(24)30-27(31)22-8-4-7-21(17-22)15-19-5-2-1-3-6-19/h1-14,17-18H,15-16H2,(H,30,31)(H,32,33). The second-order valence-corrected chi connectivity index (χ2v) is 7.80. The highest BCUT2D eigenvalue weighted by molar-refractivity contribution is 6.05. The maximum atomic E-state index is 13.3. The maximum absolute atomic E-state index is 13.3. The first-order valence-electron chi connectivity index (χ1n) is 10.5. The Morgan fingerprint density at radius 1 is 0.697 bits per heavy atom. The van der Waals surface area contributed by atoms with Gasteiger partial charge in [0.2, 0.25) is 0 Å². The van der Waals surface area contributed by atoms with Gasteiger partial charge in [0.15, 0.2) is 0 Å². The summed E-state index contributed by atoms with van der Waals surface area (Å²) in [6.07, 6.45) is 1.07. The molecule has 0 aliphatic heterocycles. The molecule has 0 fully saturated rings. The summed E-state index contributed by atoms with van der Waals surface area (Å²) in [7, 11) is 0. The van der Waals surface area contributed by atoms with Crippen LogP contribution in [0.1, 0.15) is 43.0 Å². The lowest BCUT2D eigenvalue weighted by Gasteiger charge is -2.13. The smallest absolute Gasteiger partial charge is 0.335 e. The minimum atomic E-state index is -1.05. The molecular weight excluding hydrogens is 417 g/mol. The van der Waals surface area contributed by atoms with Crippen molar-refractivity contribution >= 4 is 17.6 Å². The minimum Gasteiger partial charge on any atom is -0.478 e. The number of carbonyl (C=O) groups is 2. The number of anilines is 1. The van der Waals surface area contributed by atoms with Gasteiger partial charge in [0.05, 0.1) is 5.56 Å². The molecule has 0 aromatic heterocycles. The Hall–Kier alpha value is -4.25. The van der Waals surface area contributed by atoms with E-state index in [-0.39, 0.29) is 17.3 Å². The number of halogens is 1. The number of aromatic carboxylic acids is 1. The van der Waals surface area contributed by atoms with Gasteiger partial charge >= 0.3 is 5.97 Å². The largest absolute Gasteiger partial charge is 0.478 e. The van der Waals surface area contributed by atoms with Gasteiger partial charge in [-0.3, -0.25) is 4.79 Å². The van der Waals surface area contributed by atoms with E-state index in [0.29, 0.717) is 29.7 Å². The Bertz CT molecular complexity index is 1280. The van der Waals surface area contributed by atoms with E-state index in [1.165, 1.54) is 24.3 Å². The zero-order chi connectivity index (χ0) is 23.2. The Balaban J connectivity index is 1.57. The van der Waals surface area contributed by atoms with Crippen LogP contribution in [0.4, 0.5) is 10.1 Å². The molecule has 0 aliphatic carbocycles. The van der Waals surface area contributed by atoms with E-state index >= 15 is 0 Å². The molecule has 0 atom stereocenters. The van der Waals surface area contributed by atoms with Crippen LogP contribution in [0.5, 0.6) is 0 Å². The number of carboxylic acids is 1. The van der Waals surface area contributed by atoms with Gasteiger partial charge in [0.25, 0.3) is 5.91 Å². The van der Waals surface area contributed by atoms with Gasteiger partial charge in [-0.1, -0.05) is 54.6 Å². The van der Waals surface area contributed by atoms with Crippen LogP contribution >= 0.6 is 0 Å². The highest BCUT2D eigenvalue weighted by atomic mass is 19.1. The summed E-state index contributed by atoms with van der Waals surface area (Å²) in [5, 5.41) is 12.3. The lowest BCUT2D eigenvalue weighted by molar-refractivity contribution is 0.0696. The molecule has 4 aromatic rings. The zero-order valence-electron chi connectivity index (χ0n) is 17.8. The van der Waals surface area contributed by atoms with Gasteiger partial charge in [-0.05, 0) is 77.6 Å². The molecule has 0 saturated carbocycles. The predicted octanol–water partition coefficient (Wildman–Crippen LogP) is 5.96. The van der Waals surface area contributed by atoms with Crippen LogP contribution in [-0.4, -0.2) is 17.0 Å². The summed E-state index contributed by atoms with van der Waals surface area (Å²) in [4.78, 5) is 24.5. The van der Waals surface area contributed by atoms with Crippen LogP contribution in [0.15, 0.2) is 97.1 Å². The van der Waals surface area contributed by atoms with Crippen molar-refractivity contribution in [2.75, 3.05) is 5.32 Å². The molecule has 0 saturated heterocycles. The van der Waals surface area contributed by atoms with E-state index in [2.05, 4.69) is 5.32 Å². The van der Waals surface area contributed by atoms with Crippen molar-refractivity contribution in [1.29, 1.82) is 0 Å². The van der Waals surface area contributed by atoms with Crippen molar-refractivity contribution in [3.8, 4) is 0 Å². The van der Waals surface area contributed by atoms with E-state index in [1.807, 2.05) is 48.5 Å². The molecule has 33 heavy (non-hydrogen) atoms. The molecule has 0 radical (unpaired) electrons. The molecule has 1 amide bonds. The number of rotatable bonds is 7. The average Bonchev–Trinajstić information content (AvgIpc) is 2.82. The fourth-order valence-corrected chi connectivity index (χ4v) is 3.67. The van der Waals surface area contributed by atoms with Crippen LogP contribution in [0.25, 0.3) is 0 Å². The van der Waals surface area contributed by atoms with E-state index in [0.717, 1.165) is 16.7 Å². The van der Waals surface area contributed by atoms with Gasteiger partial charge in [0.1, 0.15) is 5.82 Å². The van der Waals surface area contributed by atoms with Crippen molar-refractivity contribution in [3.05, 3.63) is 136 Å². The second-order valence-electron chi connectivity index (χ2n) is 7.80. The molecule has 2 N–H and O–H groups in total. The molecular formula is C28H22FNO3. The molecule has 0 bridgehead atoms. The number of benzene rings is 4. The van der Waals surface area contributed by atoms with E-state index < -0.39 is 5.97 Å². The van der Waals surface area contributed by atoms with Gasteiger partial charge < -0.3 is 10.4 Å². The molecule has 0 spiro atoms. The minimum absolute atomic E-state index is 0.120. The van der Waals surface area contributed by atoms with Gasteiger partial charge in [-0.25, -0.2) is 9.18 Å². The first kappa shape index (κ1) is 22.0. The van der Waals surface area contributed by atoms with Crippen LogP contribution in [-0.2, 0) is 12.8 Å². The Morgan fingerprint density at radius 3 is 2.12 bits per heavy atom. The van der Waals surface area contributed by atoms with Crippen LogP contribution in [0.3, 0.4) is 0 Å². The molecule has 164 valence electrons. The highest BCUT2D eigenvalue weighted by Gasteiger charge is 2.13. The molecule has 4 rings (SSSR count). The van der Waals surface area contributed by atoms with Crippen molar-refractivity contribution in [1.82, 2.24) is 0 Å². The Morgan fingerprint density at radius 2 is 1.39 bits per heavy atom. The molecule has 0 aliphatic rings. The van der Waals surface area contributed by atoms with Crippen molar-refractivity contribution in [3.63, 3.8) is 0 Å². The fourth-order valence-electron chi connectivity index (χ4n) is 3.67. The SMILES string of the molecule is O=C(O)c1ccc(NC(=O)c2cccc(Cc3ccccc3)c2)c(Cc2ccc(F)cc2)c1. The van der Waals surface area contributed by atoms with Crippen molar-refractivity contribution in [2.24, 2.45) is 0 Å². The Labute approximate surface area is 191 Å². The average molecular weight is 439 g/mol. The molecule has 5 heteroatoms. The molecule has 0 unspecified atom stereocenters. The Kier molecular flexibility index (Phi) is 6.60. The normalized spacial score (nSPS) is 10.6. The molecule has 4 nitrogen and oxygen atoms in total. The number of nitrogens with one attached hydrogen (secondary N) is 1. The molecule has 0 heterocycles. The monoisotopic (exact) mass is 439 g/mol. The van der Waals surface area contributed by atoms with E-state index in [9.17, 15) is 19.1 Å². The number of hydrogen-bond donors (Lipinski definition) is 2. The van der Waals surface area contributed by atoms with Crippen LogP contribution < -0.4 is 5.32 Å². The highest BCUT2D eigenvalue weighted by Crippen LogP contribution is 2.23. The summed E-state index contributed by atoms with van der Waals surface area (Å²) in [5.74, 6) is -1.68. The fraction of sp³-hybridized carbons (Fsp3) is 0.0714. The summed E-state index contributed by atoms with van der Waals surface area (Å²) < 4.78 is 13.3. The summed E-state index contributed by atoms with van der Waals surface area (Å²) in [6, 6.07) is 28.0. The third kappa shape index (κ3) is 5.71. The number of carbonyl (C=O) groups excluding carboxylic acids is 1. The number of carboxylic acid groups (broad SMARTS) is 1. The quantitative estimate of drug-likeness (QED) is 0.374. The van der Waals surface area contributed by atoms with Gasteiger partial charge in [0, 0.05) is 11.3 Å². The number of hydrogen-bond acceptors (Lipinski definition) is 2. The van der Waals surface area contributed by atoms with Crippen LogP contribution in [0.2, 0.25) is 0 Å². The van der Waals surface area contributed by atoms with Gasteiger partial charge in [-0.15, -0.1) is 0 Å². The zero-order valence-corrected chi connectivity index (χ0v) is 17.8. The first-order valence-corrected chi connectivity index (χ1v) is 10.5. The van der Waals surface area contributed by atoms with E-state index in [1.54, 1.807) is 24.3 Å². The van der Waals surface area contributed by atoms with Gasteiger partial charge in [-0.2, -0.15) is 0 Å². The second kappa shape index (κ2) is 9.92. The maximum Gasteiger partial charge on any atom is 0.335 e. The van der Waals surface area contributed by atoms with Crippen LogP contribution in [0, 0.1) is 5.82 Å². The number of amides is 1. The molecule has 4 aromatic carbocycles. The first-order chi connectivity index (χ1) is 16.0. The lowest BCUT2D eigenvalue weighted by Crippen LogP contribution is -2.14. The van der Waals surface area contributed by atoms with Crippen molar-refractivity contribution in [2.45, 2.75) is 12.8 Å². The topological polar surface area (TPSA) is 66.4 Å². The summed E-state index contributed by atoms with van der Waals surface area (Å²) in [6.45, 7) is 0. The van der Waals surface area contributed by atoms with Crippen molar-refractivity contribution < 1.29 is 19.1 Å². The summed E-state index contributed by atoms with van der Waals surface area (Å²) in [5.41, 5.74) is 4.76. The lowest BCUT2D eigenvalue weighted by atomic mass is 10.00. The third-order valence-electron chi connectivity index (χ3n) is 5.35. The third-order valence-corrected chi connectivity index (χ3v) is 5.35. The van der Waals surface area contributed by atoms with E-state index in [4.69, 9.17) is 0 Å².